The zero-order valence-corrected chi connectivity index (χ0v) is 35.2. The lowest BCUT2D eigenvalue weighted by molar-refractivity contribution is 0.105. The number of hydrogen-bond donors (Lipinski definition) is 3. The summed E-state index contributed by atoms with van der Waals surface area (Å²) < 4.78 is 65.7. The van der Waals surface area contributed by atoms with Gasteiger partial charge in [0.25, 0.3) is 0 Å². The molecule has 0 heterocycles. The van der Waals surface area contributed by atoms with Crippen molar-refractivity contribution in [1.29, 1.82) is 10.8 Å². The van der Waals surface area contributed by atoms with Crippen LogP contribution < -0.4 is 8.37 Å². The molecule has 2 aliphatic carbocycles. The smallest absolute Gasteiger partial charge is 0.339 e. The highest BCUT2D eigenvalue weighted by Crippen LogP contribution is 2.42. The molecule has 62 heavy (non-hydrogen) atoms. The van der Waals surface area contributed by atoms with Gasteiger partial charge < -0.3 is 13.5 Å². The average Bonchev–Trinajstić information content (AvgIpc) is 3.26. The van der Waals surface area contributed by atoms with Crippen molar-refractivity contribution in [2.75, 3.05) is 0 Å². The van der Waals surface area contributed by atoms with Crippen LogP contribution in [0.2, 0.25) is 0 Å². The van der Waals surface area contributed by atoms with Gasteiger partial charge in [0, 0.05) is 33.1 Å². The molecule has 0 amide bonds. The van der Waals surface area contributed by atoms with Crippen LogP contribution in [-0.4, -0.2) is 44.9 Å². The Morgan fingerprint density at radius 2 is 0.806 bits per heavy atom. The molecule has 0 spiro atoms. The molecule has 11 nitrogen and oxygen atoms in total. The minimum absolute atomic E-state index is 0.0176. The summed E-state index contributed by atoms with van der Waals surface area (Å²) in [5, 5.41) is 25.6. The zero-order valence-electron chi connectivity index (χ0n) is 33.5. The molecule has 0 aliphatic heterocycles. The van der Waals surface area contributed by atoms with Crippen LogP contribution in [-0.2, 0) is 31.1 Å². The van der Waals surface area contributed by atoms with E-state index in [1.54, 1.807) is 36.4 Å². The number of ketones is 2. The summed E-state index contributed by atoms with van der Waals surface area (Å²) >= 11 is 0. The Hall–Kier alpha value is -7.22. The maximum absolute atomic E-state index is 13.6. The second-order valence-corrected chi connectivity index (χ2v) is 18.6. The van der Waals surface area contributed by atoms with Crippen molar-refractivity contribution in [2.24, 2.45) is 0 Å². The van der Waals surface area contributed by atoms with Crippen LogP contribution in [0.4, 0.5) is 0 Å². The minimum atomic E-state index is -4.42. The number of aromatic hydroxyl groups is 1. The zero-order chi connectivity index (χ0) is 44.2. The van der Waals surface area contributed by atoms with Crippen LogP contribution in [0.1, 0.15) is 80.4 Å². The van der Waals surface area contributed by atoms with E-state index in [-0.39, 0.29) is 60.7 Å². The molecule has 0 saturated heterocycles. The van der Waals surface area contributed by atoms with E-state index in [2.05, 4.69) is 13.8 Å². The van der Waals surface area contributed by atoms with Crippen molar-refractivity contribution in [3.8, 4) is 17.2 Å². The van der Waals surface area contributed by atoms with Crippen LogP contribution in [0.5, 0.6) is 17.2 Å². The van der Waals surface area contributed by atoms with Crippen molar-refractivity contribution < 1.29 is 39.9 Å². The third-order valence-electron chi connectivity index (χ3n) is 11.5. The summed E-state index contributed by atoms with van der Waals surface area (Å²) in [6, 6.07) is 36.7. The summed E-state index contributed by atoms with van der Waals surface area (Å²) in [4.78, 5) is 24.8. The molecule has 0 unspecified atom stereocenters. The largest absolute Gasteiger partial charge is 0.508 e. The van der Waals surface area contributed by atoms with E-state index in [1.807, 2.05) is 43.3 Å². The molecule has 310 valence electrons. The molecule has 0 aromatic heterocycles. The number of phenolic OH excluding ortho intramolecular Hbond substituents is 1. The standard InChI is InChI=1S/C49H38N2O9S2/c1-48(2,31-14-20-35(52)21-15-31)30-10-12-32(13-11-30)49(3,33-16-22-36(23-17-33)59-61(55,56)44-8-4-6-40-38(44)26-28-42(50)46(40)53)34-18-24-37(25-19-34)60-62(57,58)45-9-5-7-41-39(45)27-29-43(51)47(41)54/h4-29,50-52H,1-3H3. The van der Waals surface area contributed by atoms with Gasteiger partial charge in [0.2, 0.25) is 11.6 Å². The fraction of sp³-hybridized carbons (Fsp3) is 0.102. The first kappa shape index (κ1) is 41.5. The van der Waals surface area contributed by atoms with E-state index in [9.17, 15) is 31.5 Å². The SMILES string of the molecule is CC(C)(c1ccc(O)cc1)c1ccc(C(C)(c2ccc(OS(=O)(=O)c3cccc4c3C=CC(=N)C4=O)cc2)c2ccc(OS(=O)(=O)c3cccc4c3C=CC(=N)C4=O)cc2)cc1. The molecule has 2 aliphatic rings. The topological polar surface area (TPSA) is 189 Å². The predicted octanol–water partition coefficient (Wildman–Crippen LogP) is 9.07. The van der Waals surface area contributed by atoms with E-state index < -0.39 is 42.6 Å². The summed E-state index contributed by atoms with van der Waals surface area (Å²) in [7, 11) is -8.85. The number of phenols is 1. The van der Waals surface area contributed by atoms with Crippen molar-refractivity contribution in [3.05, 3.63) is 196 Å². The van der Waals surface area contributed by atoms with E-state index in [0.717, 1.165) is 27.8 Å². The van der Waals surface area contributed by atoms with Gasteiger partial charge in [-0.1, -0.05) is 111 Å². The average molecular weight is 863 g/mol. The number of nitrogens with one attached hydrogen (secondary N) is 2. The first-order valence-corrected chi connectivity index (χ1v) is 22.1. The fourth-order valence-electron chi connectivity index (χ4n) is 7.83. The molecular weight excluding hydrogens is 825 g/mol. The molecule has 13 heteroatoms. The lowest BCUT2D eigenvalue weighted by atomic mass is 9.70. The van der Waals surface area contributed by atoms with Crippen LogP contribution in [0.3, 0.4) is 0 Å². The summed E-state index contributed by atoms with van der Waals surface area (Å²) in [6.45, 7) is 6.16. The predicted molar refractivity (Wildman–Crippen MR) is 236 cm³/mol. The maximum Gasteiger partial charge on any atom is 0.339 e. The third-order valence-corrected chi connectivity index (χ3v) is 14.1. The molecule has 0 atom stereocenters. The van der Waals surface area contributed by atoms with Gasteiger partial charge in [-0.25, -0.2) is 0 Å². The highest BCUT2D eigenvalue weighted by Gasteiger charge is 2.34. The normalized spacial score (nSPS) is 14.8. The van der Waals surface area contributed by atoms with Gasteiger partial charge in [0.1, 0.15) is 38.5 Å². The highest BCUT2D eigenvalue weighted by atomic mass is 32.2. The van der Waals surface area contributed by atoms with Gasteiger partial charge in [-0.3, -0.25) is 20.4 Å². The molecular formula is C49H38N2O9S2. The van der Waals surface area contributed by atoms with Crippen molar-refractivity contribution >= 4 is 55.4 Å². The molecule has 8 rings (SSSR count). The number of Topliss-reactive ketones (excluding diaryl/α,β-unsaturated/α-hetero) is 2. The molecule has 3 N–H and O–H groups in total. The number of fused-ring (bicyclic) bond motifs is 2. The Morgan fingerprint density at radius 3 is 1.19 bits per heavy atom. The van der Waals surface area contributed by atoms with Crippen LogP contribution in [0.15, 0.2) is 155 Å². The lowest BCUT2D eigenvalue weighted by Gasteiger charge is -2.33. The highest BCUT2D eigenvalue weighted by molar-refractivity contribution is 7.87. The number of benzene rings is 6. The number of rotatable bonds is 11. The third kappa shape index (κ3) is 7.35. The lowest BCUT2D eigenvalue weighted by Crippen LogP contribution is -2.26. The monoisotopic (exact) mass is 862 g/mol. The van der Waals surface area contributed by atoms with Crippen molar-refractivity contribution in [3.63, 3.8) is 0 Å². The second-order valence-electron chi connectivity index (χ2n) is 15.6. The second kappa shape index (κ2) is 15.4. The number of carbonyl (C=O) groups excluding carboxylic acids is 2. The van der Waals surface area contributed by atoms with E-state index in [1.165, 1.54) is 85.0 Å². The molecule has 0 saturated carbocycles. The Labute approximate surface area is 358 Å². The number of hydrogen-bond acceptors (Lipinski definition) is 11. The van der Waals surface area contributed by atoms with Gasteiger partial charge in [-0.05, 0) is 95.4 Å². The first-order chi connectivity index (χ1) is 29.4. The maximum atomic E-state index is 13.6. The molecule has 0 radical (unpaired) electrons. The van der Waals surface area contributed by atoms with Gasteiger partial charge >= 0.3 is 20.2 Å². The summed E-state index contributed by atoms with van der Waals surface area (Å²) in [5.74, 6) is -0.973. The molecule has 0 fully saturated rings. The molecule has 6 aromatic carbocycles. The number of allylic oxidation sites excluding steroid dienone is 2. The Balaban J connectivity index is 1.14. The Kier molecular flexibility index (Phi) is 10.3. The van der Waals surface area contributed by atoms with E-state index in [4.69, 9.17) is 19.2 Å². The first-order valence-electron chi connectivity index (χ1n) is 19.3. The van der Waals surface area contributed by atoms with Gasteiger partial charge in [-0.15, -0.1) is 0 Å². The van der Waals surface area contributed by atoms with Gasteiger partial charge in [0.05, 0.1) is 0 Å². The minimum Gasteiger partial charge on any atom is -0.508 e. The quantitative estimate of drug-likeness (QED) is 0.0843. The fourth-order valence-corrected chi connectivity index (χ4v) is 10.1. The Morgan fingerprint density at radius 1 is 0.468 bits per heavy atom. The van der Waals surface area contributed by atoms with Gasteiger partial charge in [-0.2, -0.15) is 16.8 Å². The van der Waals surface area contributed by atoms with Crippen molar-refractivity contribution in [2.45, 2.75) is 41.4 Å². The summed E-state index contributed by atoms with van der Waals surface area (Å²) in [6.07, 6.45) is 5.33. The van der Waals surface area contributed by atoms with Crippen molar-refractivity contribution in [1.82, 2.24) is 0 Å². The molecule has 0 bridgehead atoms. The summed E-state index contributed by atoms with van der Waals surface area (Å²) in [5.41, 5.74) is 2.94. The molecule has 6 aromatic rings. The van der Waals surface area contributed by atoms with Gasteiger partial charge in [0.15, 0.2) is 0 Å². The van der Waals surface area contributed by atoms with Crippen LogP contribution >= 0.6 is 0 Å². The Bertz CT molecular complexity index is 2970. The van der Waals surface area contributed by atoms with Crippen LogP contribution in [0, 0.1) is 10.8 Å². The van der Waals surface area contributed by atoms with Crippen LogP contribution in [0.25, 0.3) is 12.2 Å². The van der Waals surface area contributed by atoms with E-state index >= 15 is 0 Å². The number of carbonyl (C=O) groups is 2. The van der Waals surface area contributed by atoms with E-state index in [0.29, 0.717) is 0 Å².